The van der Waals surface area contributed by atoms with Crippen molar-refractivity contribution in [1.82, 2.24) is 0 Å². The monoisotopic (exact) mass is 223 g/mol. The number of hydrogen-bond acceptors (Lipinski definition) is 3. The van der Waals surface area contributed by atoms with Gasteiger partial charge in [-0.05, 0) is 12.1 Å². The number of benzene rings is 1. The van der Waals surface area contributed by atoms with Gasteiger partial charge in [-0.1, -0.05) is 26.0 Å². The van der Waals surface area contributed by atoms with E-state index in [0.717, 1.165) is 0 Å². The molecule has 3 N–H and O–H groups in total. The van der Waals surface area contributed by atoms with Crippen LogP contribution in [0.25, 0.3) is 0 Å². The van der Waals surface area contributed by atoms with Crippen molar-refractivity contribution in [1.29, 1.82) is 0 Å². The fraction of sp³-hybridized carbons (Fsp3) is 0.417. The average Bonchev–Trinajstić information content (AvgIpc) is 2.27. The summed E-state index contributed by atoms with van der Waals surface area (Å²) in [5.41, 5.74) is 5.23. The smallest absolute Gasteiger partial charge is 0.252 e. The second-order valence-electron chi connectivity index (χ2n) is 4.47. The number of carbonyl (C=O) groups is 1. The second-order valence-corrected chi connectivity index (χ2v) is 4.47. The van der Waals surface area contributed by atoms with Gasteiger partial charge in [0.15, 0.2) is 0 Å². The van der Waals surface area contributed by atoms with Crippen LogP contribution >= 0.6 is 0 Å². The van der Waals surface area contributed by atoms with E-state index in [2.05, 4.69) is 0 Å². The number of rotatable bonds is 5. The molecule has 0 heterocycles. The van der Waals surface area contributed by atoms with E-state index >= 15 is 0 Å². The maximum absolute atomic E-state index is 11.1. The van der Waals surface area contributed by atoms with Crippen LogP contribution in [0.3, 0.4) is 0 Å². The molecule has 0 saturated heterocycles. The number of ether oxygens (including phenoxy) is 1. The van der Waals surface area contributed by atoms with E-state index in [1.165, 1.54) is 0 Å². The maximum Gasteiger partial charge on any atom is 0.252 e. The average molecular weight is 223 g/mol. The van der Waals surface area contributed by atoms with Crippen LogP contribution in [0.2, 0.25) is 0 Å². The number of primary amides is 1. The molecular formula is C12H17NO3. The zero-order valence-electron chi connectivity index (χ0n) is 9.56. The normalized spacial score (nSPS) is 11.2. The third-order valence-corrected chi connectivity index (χ3v) is 2.20. The molecule has 0 unspecified atom stereocenters. The fourth-order valence-electron chi connectivity index (χ4n) is 1.11. The molecule has 0 spiro atoms. The third kappa shape index (κ3) is 3.24. The highest BCUT2D eigenvalue weighted by molar-refractivity contribution is 5.95. The molecule has 0 radical (unpaired) electrons. The summed E-state index contributed by atoms with van der Waals surface area (Å²) < 4.78 is 5.49. The minimum atomic E-state index is -0.516. The highest BCUT2D eigenvalue weighted by Gasteiger charge is 2.18. The standard InChI is InChI=1S/C12H17NO3/c1-12(2,7-14)8-16-10-6-4-3-5-9(10)11(13)15/h3-6,14H,7-8H2,1-2H3,(H2,13,15). The van der Waals surface area contributed by atoms with Gasteiger partial charge in [0.2, 0.25) is 0 Å². The molecule has 1 rings (SSSR count). The lowest BCUT2D eigenvalue weighted by Gasteiger charge is -2.22. The predicted molar refractivity (Wildman–Crippen MR) is 61.3 cm³/mol. The lowest BCUT2D eigenvalue weighted by Crippen LogP contribution is -2.26. The zero-order valence-corrected chi connectivity index (χ0v) is 9.56. The van der Waals surface area contributed by atoms with E-state index in [0.29, 0.717) is 17.9 Å². The van der Waals surface area contributed by atoms with E-state index in [-0.39, 0.29) is 12.0 Å². The summed E-state index contributed by atoms with van der Waals surface area (Å²) >= 11 is 0. The lowest BCUT2D eigenvalue weighted by atomic mass is 9.96. The van der Waals surface area contributed by atoms with Gasteiger partial charge in [-0.15, -0.1) is 0 Å². The van der Waals surface area contributed by atoms with Gasteiger partial charge >= 0.3 is 0 Å². The van der Waals surface area contributed by atoms with Gasteiger partial charge in [-0.2, -0.15) is 0 Å². The molecule has 4 heteroatoms. The molecule has 1 aromatic carbocycles. The highest BCUT2D eigenvalue weighted by atomic mass is 16.5. The van der Waals surface area contributed by atoms with Crippen molar-refractivity contribution >= 4 is 5.91 Å². The Bertz CT molecular complexity index is 374. The summed E-state index contributed by atoms with van der Waals surface area (Å²) in [6.07, 6.45) is 0. The molecule has 0 saturated carbocycles. The Hall–Kier alpha value is -1.55. The molecule has 1 amide bonds. The Balaban J connectivity index is 2.78. The molecule has 0 aromatic heterocycles. The Labute approximate surface area is 95.0 Å². The third-order valence-electron chi connectivity index (χ3n) is 2.20. The minimum absolute atomic E-state index is 0.0196. The molecule has 4 nitrogen and oxygen atoms in total. The number of aliphatic hydroxyl groups excluding tert-OH is 1. The summed E-state index contributed by atoms with van der Waals surface area (Å²) in [6.45, 7) is 4.10. The minimum Gasteiger partial charge on any atom is -0.492 e. The van der Waals surface area contributed by atoms with Crippen molar-refractivity contribution in [3.63, 3.8) is 0 Å². The van der Waals surface area contributed by atoms with E-state index < -0.39 is 5.91 Å². The summed E-state index contributed by atoms with van der Waals surface area (Å²) in [5.74, 6) is -0.0612. The summed E-state index contributed by atoms with van der Waals surface area (Å²) in [5, 5.41) is 9.08. The van der Waals surface area contributed by atoms with E-state index in [4.69, 9.17) is 15.6 Å². The van der Waals surface area contributed by atoms with Gasteiger partial charge in [0, 0.05) is 5.41 Å². The summed E-state index contributed by atoms with van der Waals surface area (Å²) in [7, 11) is 0. The second kappa shape index (κ2) is 4.99. The van der Waals surface area contributed by atoms with Crippen molar-refractivity contribution in [2.75, 3.05) is 13.2 Å². The van der Waals surface area contributed by atoms with Crippen LogP contribution in [0.1, 0.15) is 24.2 Å². The Morgan fingerprint density at radius 3 is 2.62 bits per heavy atom. The van der Waals surface area contributed by atoms with Crippen molar-refractivity contribution in [2.45, 2.75) is 13.8 Å². The Morgan fingerprint density at radius 1 is 1.44 bits per heavy atom. The highest BCUT2D eigenvalue weighted by Crippen LogP contribution is 2.21. The quantitative estimate of drug-likeness (QED) is 0.787. The van der Waals surface area contributed by atoms with E-state index in [9.17, 15) is 4.79 Å². The van der Waals surface area contributed by atoms with Crippen molar-refractivity contribution < 1.29 is 14.6 Å². The van der Waals surface area contributed by atoms with Gasteiger partial charge in [-0.3, -0.25) is 4.79 Å². The van der Waals surface area contributed by atoms with E-state index in [1.807, 2.05) is 13.8 Å². The topological polar surface area (TPSA) is 72.6 Å². The predicted octanol–water partition coefficient (Wildman–Crippen LogP) is 1.18. The van der Waals surface area contributed by atoms with Crippen LogP contribution in [0, 0.1) is 5.41 Å². The number of nitrogens with two attached hydrogens (primary N) is 1. The number of para-hydroxylation sites is 1. The van der Waals surface area contributed by atoms with Crippen LogP contribution in [0.5, 0.6) is 5.75 Å². The zero-order chi connectivity index (χ0) is 12.2. The first-order valence-electron chi connectivity index (χ1n) is 5.09. The SMILES string of the molecule is CC(C)(CO)COc1ccccc1C(N)=O. The molecule has 16 heavy (non-hydrogen) atoms. The number of aliphatic hydroxyl groups is 1. The number of amides is 1. The van der Waals surface area contributed by atoms with Gasteiger partial charge in [-0.25, -0.2) is 0 Å². The molecule has 0 aliphatic rings. The fourth-order valence-corrected chi connectivity index (χ4v) is 1.11. The summed E-state index contributed by atoms with van der Waals surface area (Å²) in [4.78, 5) is 11.1. The van der Waals surface area contributed by atoms with Crippen molar-refractivity contribution in [3.05, 3.63) is 29.8 Å². The van der Waals surface area contributed by atoms with Crippen LogP contribution in [0.15, 0.2) is 24.3 Å². The van der Waals surface area contributed by atoms with E-state index in [1.54, 1.807) is 24.3 Å². The maximum atomic E-state index is 11.1. The van der Waals surface area contributed by atoms with Gasteiger partial charge in [0.1, 0.15) is 5.75 Å². The lowest BCUT2D eigenvalue weighted by molar-refractivity contribution is 0.0932. The molecule has 0 aliphatic carbocycles. The molecule has 0 bridgehead atoms. The molecule has 0 atom stereocenters. The Kier molecular flexibility index (Phi) is 3.90. The van der Waals surface area contributed by atoms with Crippen LogP contribution < -0.4 is 10.5 Å². The number of hydrogen-bond donors (Lipinski definition) is 2. The van der Waals surface area contributed by atoms with Gasteiger partial charge < -0.3 is 15.6 Å². The van der Waals surface area contributed by atoms with Crippen LogP contribution in [-0.4, -0.2) is 24.2 Å². The Morgan fingerprint density at radius 2 is 2.06 bits per heavy atom. The first-order valence-corrected chi connectivity index (χ1v) is 5.09. The summed E-state index contributed by atoms with van der Waals surface area (Å²) in [6, 6.07) is 6.80. The van der Waals surface area contributed by atoms with Crippen molar-refractivity contribution in [3.8, 4) is 5.75 Å². The van der Waals surface area contributed by atoms with Crippen LogP contribution in [-0.2, 0) is 0 Å². The number of carbonyl (C=O) groups excluding carboxylic acids is 1. The molecule has 88 valence electrons. The van der Waals surface area contributed by atoms with Crippen LogP contribution in [0.4, 0.5) is 0 Å². The first kappa shape index (κ1) is 12.5. The molecule has 1 aromatic rings. The van der Waals surface area contributed by atoms with Gasteiger partial charge in [0.25, 0.3) is 5.91 Å². The molecule has 0 aliphatic heterocycles. The van der Waals surface area contributed by atoms with Gasteiger partial charge in [0.05, 0.1) is 18.8 Å². The molecular weight excluding hydrogens is 206 g/mol. The first-order chi connectivity index (χ1) is 7.46. The van der Waals surface area contributed by atoms with Crippen molar-refractivity contribution in [2.24, 2.45) is 11.1 Å². The largest absolute Gasteiger partial charge is 0.492 e. The molecule has 0 fully saturated rings.